The highest BCUT2D eigenvalue weighted by Crippen LogP contribution is 2.26. The SMILES string of the molecule is O=C(/C=C/c1cccc2ccccc12)Oc1ccccc1[N+](=O)[O-]. The normalized spacial score (nSPS) is 10.8. The molecule has 0 fully saturated rings. The third-order valence-electron chi connectivity index (χ3n) is 3.49. The van der Waals surface area contributed by atoms with E-state index in [2.05, 4.69) is 0 Å². The molecule has 0 aliphatic rings. The van der Waals surface area contributed by atoms with Gasteiger partial charge in [-0.2, -0.15) is 0 Å². The van der Waals surface area contributed by atoms with Crippen LogP contribution in [0.5, 0.6) is 5.75 Å². The van der Waals surface area contributed by atoms with Gasteiger partial charge in [-0.1, -0.05) is 54.6 Å². The summed E-state index contributed by atoms with van der Waals surface area (Å²) < 4.78 is 5.07. The van der Waals surface area contributed by atoms with Crippen LogP contribution in [-0.2, 0) is 4.79 Å². The van der Waals surface area contributed by atoms with Gasteiger partial charge in [0.1, 0.15) is 0 Å². The summed E-state index contributed by atoms with van der Waals surface area (Å²) in [4.78, 5) is 22.3. The second kappa shape index (κ2) is 6.75. The summed E-state index contributed by atoms with van der Waals surface area (Å²) in [6, 6.07) is 19.3. The Morgan fingerprint density at radius 3 is 2.50 bits per heavy atom. The first-order valence-electron chi connectivity index (χ1n) is 7.26. The molecule has 0 aromatic heterocycles. The highest BCUT2D eigenvalue weighted by molar-refractivity contribution is 5.95. The molecule has 0 spiro atoms. The third-order valence-corrected chi connectivity index (χ3v) is 3.49. The van der Waals surface area contributed by atoms with Crippen molar-refractivity contribution >= 4 is 28.5 Å². The van der Waals surface area contributed by atoms with Crippen molar-refractivity contribution in [3.05, 3.63) is 88.5 Å². The van der Waals surface area contributed by atoms with Gasteiger partial charge in [0, 0.05) is 12.1 Å². The van der Waals surface area contributed by atoms with Crippen molar-refractivity contribution < 1.29 is 14.5 Å². The Morgan fingerprint density at radius 2 is 1.67 bits per heavy atom. The largest absolute Gasteiger partial charge is 0.416 e. The number of fused-ring (bicyclic) bond motifs is 1. The second-order valence-electron chi connectivity index (χ2n) is 5.05. The van der Waals surface area contributed by atoms with Crippen LogP contribution in [0.4, 0.5) is 5.69 Å². The summed E-state index contributed by atoms with van der Waals surface area (Å²) in [5, 5.41) is 13.0. The van der Waals surface area contributed by atoms with Crippen molar-refractivity contribution in [2.75, 3.05) is 0 Å². The average Bonchev–Trinajstić information content (AvgIpc) is 2.60. The topological polar surface area (TPSA) is 69.4 Å². The molecule has 24 heavy (non-hydrogen) atoms. The maximum absolute atomic E-state index is 12.0. The lowest BCUT2D eigenvalue weighted by molar-refractivity contribution is -0.385. The standard InChI is InChI=1S/C19H13NO4/c21-19(24-18-11-4-3-10-17(18)20(22)23)13-12-15-8-5-7-14-6-1-2-9-16(14)15/h1-13H/b13-12+. The Hall–Kier alpha value is -3.47. The molecular formula is C19H13NO4. The molecule has 3 rings (SSSR count). The number of ether oxygens (including phenoxy) is 1. The molecule has 0 aliphatic carbocycles. The molecule has 5 heteroatoms. The van der Waals surface area contributed by atoms with Crippen LogP contribution < -0.4 is 4.74 Å². The number of carbonyl (C=O) groups is 1. The molecule has 118 valence electrons. The first kappa shape index (κ1) is 15.4. The number of para-hydroxylation sites is 2. The molecule has 0 N–H and O–H groups in total. The summed E-state index contributed by atoms with van der Waals surface area (Å²) in [6.07, 6.45) is 2.90. The van der Waals surface area contributed by atoms with Gasteiger partial charge in [-0.15, -0.1) is 0 Å². The van der Waals surface area contributed by atoms with Crippen molar-refractivity contribution in [2.24, 2.45) is 0 Å². The van der Waals surface area contributed by atoms with E-state index in [0.29, 0.717) is 0 Å². The number of nitro groups is 1. The zero-order valence-corrected chi connectivity index (χ0v) is 12.6. The highest BCUT2D eigenvalue weighted by Gasteiger charge is 2.15. The summed E-state index contributed by atoms with van der Waals surface area (Å²) in [5.41, 5.74) is 0.622. The maximum atomic E-state index is 12.0. The molecule has 3 aromatic carbocycles. The summed E-state index contributed by atoms with van der Waals surface area (Å²) in [5.74, 6) is -0.743. The van der Waals surface area contributed by atoms with Crippen LogP contribution in [0.15, 0.2) is 72.8 Å². The number of rotatable bonds is 4. The van der Waals surface area contributed by atoms with Crippen LogP contribution in [0.2, 0.25) is 0 Å². The lowest BCUT2D eigenvalue weighted by Crippen LogP contribution is -2.05. The number of hydrogen-bond acceptors (Lipinski definition) is 4. The molecule has 0 saturated carbocycles. The van der Waals surface area contributed by atoms with E-state index in [4.69, 9.17) is 4.74 Å². The molecule has 5 nitrogen and oxygen atoms in total. The fourth-order valence-electron chi connectivity index (χ4n) is 2.39. The number of nitro benzene ring substituents is 1. The van der Waals surface area contributed by atoms with E-state index < -0.39 is 10.9 Å². The first-order chi connectivity index (χ1) is 11.6. The summed E-state index contributed by atoms with van der Waals surface area (Å²) in [6.45, 7) is 0. The Labute approximate surface area is 138 Å². The van der Waals surface area contributed by atoms with Crippen molar-refractivity contribution in [1.82, 2.24) is 0 Å². The number of nitrogens with zero attached hydrogens (tertiary/aromatic N) is 1. The summed E-state index contributed by atoms with van der Waals surface area (Å²) >= 11 is 0. The van der Waals surface area contributed by atoms with E-state index in [9.17, 15) is 14.9 Å². The van der Waals surface area contributed by atoms with Crippen LogP contribution in [0.1, 0.15) is 5.56 Å². The Bertz CT molecular complexity index is 942. The number of hydrogen-bond donors (Lipinski definition) is 0. The molecule has 3 aromatic rings. The van der Waals surface area contributed by atoms with Crippen LogP contribution in [0, 0.1) is 10.1 Å². The molecule has 0 radical (unpaired) electrons. The van der Waals surface area contributed by atoms with Crippen molar-refractivity contribution in [1.29, 1.82) is 0 Å². The minimum absolute atomic E-state index is 0.0740. The molecular weight excluding hydrogens is 306 g/mol. The van der Waals surface area contributed by atoms with Crippen LogP contribution in [0.25, 0.3) is 16.8 Å². The van der Waals surface area contributed by atoms with Gasteiger partial charge >= 0.3 is 11.7 Å². The minimum atomic E-state index is -0.669. The van der Waals surface area contributed by atoms with E-state index in [0.717, 1.165) is 16.3 Å². The highest BCUT2D eigenvalue weighted by atomic mass is 16.6. The van der Waals surface area contributed by atoms with Crippen molar-refractivity contribution in [3.63, 3.8) is 0 Å². The van der Waals surface area contributed by atoms with Crippen molar-refractivity contribution in [2.45, 2.75) is 0 Å². The predicted octanol–water partition coefficient (Wildman–Crippen LogP) is 4.37. The van der Waals surface area contributed by atoms with Gasteiger partial charge in [-0.05, 0) is 28.5 Å². The third kappa shape index (κ3) is 3.30. The van der Waals surface area contributed by atoms with E-state index in [-0.39, 0.29) is 11.4 Å². The van der Waals surface area contributed by atoms with Gasteiger partial charge in [0.2, 0.25) is 5.75 Å². The molecule has 0 heterocycles. The molecule has 0 saturated heterocycles. The number of carbonyl (C=O) groups excluding carboxylic acids is 1. The van der Waals surface area contributed by atoms with Gasteiger partial charge in [0.15, 0.2) is 0 Å². The number of benzene rings is 3. The smallest absolute Gasteiger partial charge is 0.336 e. The lowest BCUT2D eigenvalue weighted by atomic mass is 10.0. The fraction of sp³-hybridized carbons (Fsp3) is 0. The van der Waals surface area contributed by atoms with E-state index >= 15 is 0 Å². The van der Waals surface area contributed by atoms with E-state index in [1.807, 2.05) is 42.5 Å². The molecule has 0 aliphatic heterocycles. The molecule has 0 unspecified atom stereocenters. The molecule has 0 atom stereocenters. The Kier molecular flexibility index (Phi) is 4.34. The number of esters is 1. The fourth-order valence-corrected chi connectivity index (χ4v) is 2.39. The Balaban J connectivity index is 1.82. The quantitative estimate of drug-likeness (QED) is 0.235. The second-order valence-corrected chi connectivity index (χ2v) is 5.05. The molecule has 0 bridgehead atoms. The first-order valence-corrected chi connectivity index (χ1v) is 7.26. The maximum Gasteiger partial charge on any atom is 0.336 e. The zero-order chi connectivity index (χ0) is 16.9. The summed E-state index contributed by atoms with van der Waals surface area (Å²) in [7, 11) is 0. The predicted molar refractivity (Wildman–Crippen MR) is 91.7 cm³/mol. The van der Waals surface area contributed by atoms with Gasteiger partial charge in [-0.25, -0.2) is 4.79 Å². The van der Waals surface area contributed by atoms with Crippen LogP contribution in [-0.4, -0.2) is 10.9 Å². The Morgan fingerprint density at radius 1 is 0.958 bits per heavy atom. The monoisotopic (exact) mass is 319 g/mol. The average molecular weight is 319 g/mol. The lowest BCUT2D eigenvalue weighted by Gasteiger charge is -2.03. The van der Waals surface area contributed by atoms with E-state index in [1.165, 1.54) is 24.3 Å². The molecule has 0 amide bonds. The van der Waals surface area contributed by atoms with Gasteiger partial charge < -0.3 is 4.74 Å². The van der Waals surface area contributed by atoms with Gasteiger partial charge in [0.25, 0.3) is 0 Å². The van der Waals surface area contributed by atoms with Crippen LogP contribution in [0.3, 0.4) is 0 Å². The van der Waals surface area contributed by atoms with Gasteiger partial charge in [-0.3, -0.25) is 10.1 Å². The minimum Gasteiger partial charge on any atom is -0.416 e. The van der Waals surface area contributed by atoms with Crippen molar-refractivity contribution in [3.8, 4) is 5.75 Å². The van der Waals surface area contributed by atoms with E-state index in [1.54, 1.807) is 12.1 Å². The van der Waals surface area contributed by atoms with Gasteiger partial charge in [0.05, 0.1) is 4.92 Å². The van der Waals surface area contributed by atoms with Crippen LogP contribution >= 0.6 is 0 Å². The zero-order valence-electron chi connectivity index (χ0n) is 12.6.